The molecule has 0 aliphatic rings. The van der Waals surface area contributed by atoms with Gasteiger partial charge in [0.2, 0.25) is 0 Å². The second-order valence-corrected chi connectivity index (χ2v) is 24.7. The standard InChI is InChI=1S/C12H10F2N3.C12H8F2NO.C11H7F2N2.C11H6F2N.C11H8N.C11H20O2.C9H5F2N2.C6H5NO2.6Ir/c1-17(2)8-5-6-15-10(7-8)9-3-4-11(13)16-12(9)14;13-9-1-2-10(11(14)6-9)12-5-8(7-16)3-4-15-12;1-7-4-5-14-9(6-7)8-2-3-10(12)15-11(8)13;12-8-4-5-9(10(13)7-8)11-3-1-2-6-14-11;1-2-6-10(7-3-1)11-8-4-5-9-12-11;1-10(2,3)8(12)7-9(13)11(4,5)6;10-7-2-3-9(8(11)6-7)13-5-1-4-12-13;8-6(9)5-3-1-2-4-7-5;;;;;;/h4-7H,1-2H3;1,3-6,16H,7H2;3-6H,1H3;1-4,6-7H;1-6,8-9H;7,12H,1-6H3;1-2,4-6H;1-4H,(H,8,9);;;;;;/q5*-1;;-1;;;;;;;. The van der Waals surface area contributed by atoms with E-state index >= 15 is 0 Å². The van der Waals surface area contributed by atoms with Crippen molar-refractivity contribution in [2.75, 3.05) is 19.0 Å². The first-order chi connectivity index (χ1) is 51.8. The van der Waals surface area contributed by atoms with Crippen molar-refractivity contribution >= 4 is 17.4 Å². The van der Waals surface area contributed by atoms with E-state index in [1.165, 1.54) is 41.5 Å². The number of rotatable bonds is 10. The molecule has 0 unspecified atom stereocenters. The molecular weight excluding hydrogens is 2570 g/mol. The van der Waals surface area contributed by atoms with Crippen LogP contribution >= 0.6 is 0 Å². The number of ketones is 1. The fourth-order valence-electron chi connectivity index (χ4n) is 8.25. The minimum absolute atomic E-state index is 0. The zero-order chi connectivity index (χ0) is 79.8. The van der Waals surface area contributed by atoms with Crippen molar-refractivity contribution < 1.29 is 189 Å². The van der Waals surface area contributed by atoms with E-state index in [0.717, 1.165) is 71.0 Å². The monoisotopic (exact) mass is 2650 g/mol. The number of allylic oxidation sites excluding steroid dienone is 2. The smallest absolute Gasteiger partial charge is 0.354 e. The SMILES string of the molecule is CC(C)(C)C(=O)C=C(O)C(C)(C)C.CN(C)c1ccnc(-c2[c-]cc(F)nc2F)c1.Cc1ccnc(-c2[c-]cc(F)nc2F)c1.Fc1c[c-]c(-c2ccccn2)c(F)c1.Fc1c[c-]c(-n2cccn2)c(F)c1.O=C(O)c1ccccn1.OCc1ccnc(-c2[c-]cc(F)cc2F)c1.[Ir].[Ir].[Ir].[Ir].[Ir].[Ir].[c-]1ccccc1-c1ccccn1. The number of hydrogen-bond acceptors (Lipinski definition) is 14. The number of pyridine rings is 8. The maximum Gasteiger partial charge on any atom is 0.354 e. The third kappa shape index (κ3) is 36.3. The van der Waals surface area contributed by atoms with Crippen LogP contribution in [0.1, 0.15) is 63.2 Å². The van der Waals surface area contributed by atoms with Crippen LogP contribution in [0, 0.1) is 113 Å². The van der Waals surface area contributed by atoms with Crippen LogP contribution in [0.5, 0.6) is 0 Å². The molecule has 6 radical (unpaired) electrons. The number of hydrogen-bond donors (Lipinski definition) is 3. The topological polar surface area (TPSA) is 219 Å². The van der Waals surface area contributed by atoms with E-state index in [1.807, 2.05) is 110 Å². The van der Waals surface area contributed by atoms with Gasteiger partial charge in [0.15, 0.2) is 5.78 Å². The van der Waals surface area contributed by atoms with Crippen LogP contribution < -0.4 is 4.90 Å². The fraction of sp³-hybridized carbons (Fsp3) is 0.145. The predicted octanol–water partition coefficient (Wildman–Crippen LogP) is 18.3. The van der Waals surface area contributed by atoms with Crippen LogP contribution in [0.15, 0.2) is 231 Å². The van der Waals surface area contributed by atoms with Gasteiger partial charge in [0.1, 0.15) is 35.2 Å². The summed E-state index contributed by atoms with van der Waals surface area (Å²) in [4.78, 5) is 53.3. The Hall–Kier alpha value is -9.07. The molecule has 0 fully saturated rings. The summed E-state index contributed by atoms with van der Waals surface area (Å²) in [6.45, 7) is 12.8. The van der Waals surface area contributed by atoms with Crippen molar-refractivity contribution in [1.82, 2.24) is 49.7 Å². The van der Waals surface area contributed by atoms with Gasteiger partial charge in [0.05, 0.1) is 6.61 Å². The molecular formula is C83H69F10Ir6N11O5-6. The van der Waals surface area contributed by atoms with E-state index in [4.69, 9.17) is 10.2 Å². The van der Waals surface area contributed by atoms with Gasteiger partial charge in [-0.2, -0.15) is 11.2 Å². The first-order valence-corrected chi connectivity index (χ1v) is 32.4. The van der Waals surface area contributed by atoms with Crippen molar-refractivity contribution in [2.45, 2.75) is 55.1 Å². The van der Waals surface area contributed by atoms with Gasteiger partial charge in [0, 0.05) is 242 Å². The number of carboxylic acids is 1. The summed E-state index contributed by atoms with van der Waals surface area (Å²) in [6.07, 6.45) is 13.8. The fourth-order valence-corrected chi connectivity index (χ4v) is 8.25. The van der Waals surface area contributed by atoms with Gasteiger partial charge in [-0.1, -0.05) is 142 Å². The van der Waals surface area contributed by atoms with E-state index in [9.17, 15) is 58.6 Å². The minimum atomic E-state index is -0.990. The molecule has 0 bridgehead atoms. The Morgan fingerprint density at radius 1 is 0.461 bits per heavy atom. The van der Waals surface area contributed by atoms with Gasteiger partial charge in [-0.25, -0.2) is 27.3 Å². The number of aromatic carboxylic acids is 1. The van der Waals surface area contributed by atoms with Crippen molar-refractivity contribution in [3.8, 4) is 62.0 Å². The quantitative estimate of drug-likeness (QED) is 0.0381. The van der Waals surface area contributed by atoms with Crippen LogP contribution in [0.4, 0.5) is 49.6 Å². The summed E-state index contributed by atoms with van der Waals surface area (Å²) < 4.78 is 131. The van der Waals surface area contributed by atoms with Crippen LogP contribution in [0.2, 0.25) is 0 Å². The summed E-state index contributed by atoms with van der Waals surface area (Å²) in [5.74, 6) is -8.48. The Bertz CT molecular complexity index is 5060. The molecule has 3 N–H and O–H groups in total. The third-order valence-corrected chi connectivity index (χ3v) is 14.0. The molecule has 0 amide bonds. The molecule has 13 aromatic rings. The normalized spacial score (nSPS) is 10.1. The molecule has 4 aromatic carbocycles. The van der Waals surface area contributed by atoms with Crippen LogP contribution in [0.3, 0.4) is 0 Å². The second-order valence-electron chi connectivity index (χ2n) is 24.7. The molecule has 0 spiro atoms. The molecule has 0 aliphatic carbocycles. The first-order valence-electron chi connectivity index (χ1n) is 32.4. The molecule has 9 heterocycles. The number of anilines is 1. The Morgan fingerprint density at radius 2 is 0.922 bits per heavy atom. The van der Waals surface area contributed by atoms with Gasteiger partial charge < -0.3 is 45.1 Å². The van der Waals surface area contributed by atoms with Gasteiger partial charge >= 0.3 is 5.97 Å². The Balaban J connectivity index is 0.00000129. The Kier molecular flexibility index (Phi) is 49.0. The number of halogens is 10. The Morgan fingerprint density at radius 3 is 1.34 bits per heavy atom. The number of carbonyl (C=O) groups excluding carboxylic acids is 1. The van der Waals surface area contributed by atoms with Crippen molar-refractivity contribution in [1.29, 1.82) is 0 Å². The number of carboxylic acid groups (broad SMARTS) is 1. The molecule has 32 heteroatoms. The summed E-state index contributed by atoms with van der Waals surface area (Å²) in [7, 11) is 3.73. The van der Waals surface area contributed by atoms with Crippen LogP contribution in [-0.4, -0.2) is 90.8 Å². The molecule has 616 valence electrons. The maximum absolute atomic E-state index is 13.4. The molecule has 13 rings (SSSR count). The molecule has 115 heavy (non-hydrogen) atoms. The molecule has 0 saturated heterocycles. The van der Waals surface area contributed by atoms with E-state index in [2.05, 4.69) is 81.4 Å². The van der Waals surface area contributed by atoms with Crippen molar-refractivity contribution in [3.05, 3.63) is 343 Å². The number of aliphatic hydroxyl groups is 2. The van der Waals surface area contributed by atoms with Crippen LogP contribution in [0.25, 0.3) is 62.0 Å². The van der Waals surface area contributed by atoms with E-state index < -0.39 is 70.1 Å². The van der Waals surface area contributed by atoms with Crippen LogP contribution in [-0.2, 0) is 132 Å². The molecule has 0 atom stereocenters. The molecule has 0 aliphatic heterocycles. The largest absolute Gasteiger partial charge is 0.512 e. The summed E-state index contributed by atoms with van der Waals surface area (Å²) >= 11 is 0. The average molecular weight is 2640 g/mol. The number of aromatic nitrogens is 10. The number of aryl methyl sites for hydroxylation is 1. The molecule has 16 nitrogen and oxygen atoms in total. The average Bonchev–Trinajstić information content (AvgIpc) is 1.53. The summed E-state index contributed by atoms with van der Waals surface area (Å²) in [5.41, 5.74) is 5.85. The predicted molar refractivity (Wildman–Crippen MR) is 391 cm³/mol. The first kappa shape index (κ1) is 106. The van der Waals surface area contributed by atoms with E-state index in [-0.39, 0.29) is 178 Å². The summed E-state index contributed by atoms with van der Waals surface area (Å²) in [5, 5.41) is 30.6. The maximum atomic E-state index is 13.4. The van der Waals surface area contributed by atoms with Gasteiger partial charge in [0.25, 0.3) is 0 Å². The number of carbonyl (C=O) groups is 2. The van der Waals surface area contributed by atoms with Gasteiger partial charge in [-0.15, -0.1) is 84.4 Å². The van der Waals surface area contributed by atoms with E-state index in [0.29, 0.717) is 28.3 Å². The number of aliphatic hydroxyl groups excluding tert-OH is 2. The van der Waals surface area contributed by atoms with Gasteiger partial charge in [-0.05, 0) is 95.2 Å². The van der Waals surface area contributed by atoms with Crippen molar-refractivity contribution in [2.24, 2.45) is 10.8 Å². The minimum Gasteiger partial charge on any atom is -0.512 e. The molecule has 0 saturated carbocycles. The third-order valence-electron chi connectivity index (χ3n) is 14.0. The summed E-state index contributed by atoms with van der Waals surface area (Å²) in [6, 6.07) is 58.4. The number of benzene rings is 4. The second kappa shape index (κ2) is 53.2. The zero-order valence-corrected chi connectivity index (χ0v) is 76.3. The Labute approximate surface area is 740 Å². The van der Waals surface area contributed by atoms with E-state index in [1.54, 1.807) is 97.7 Å². The van der Waals surface area contributed by atoms with Gasteiger partial charge in [-0.3, -0.25) is 45.8 Å². The molecule has 9 aromatic heterocycles. The zero-order valence-electron chi connectivity index (χ0n) is 61.9. The number of nitrogens with zero attached hydrogens (tertiary/aromatic N) is 11. The van der Waals surface area contributed by atoms with Crippen molar-refractivity contribution in [3.63, 3.8) is 0 Å².